The first-order chi connectivity index (χ1) is 4.75. The molecule has 0 aliphatic rings. The molecule has 0 heterocycles. The lowest BCUT2D eigenvalue weighted by atomic mass is 10.2. The van der Waals surface area contributed by atoms with E-state index in [1.54, 1.807) is 0 Å². The zero-order valence-corrected chi connectivity index (χ0v) is 5.16. The van der Waals surface area contributed by atoms with Gasteiger partial charge < -0.3 is 15.6 Å². The first-order valence-electron chi connectivity index (χ1n) is 2.75. The van der Waals surface area contributed by atoms with E-state index in [0.29, 0.717) is 0 Å². The molecule has 1 aromatic rings. The Labute approximate surface area is 58.1 Å². The predicted molar refractivity (Wildman–Crippen MR) is 35.4 cm³/mol. The third-order valence-electron chi connectivity index (χ3n) is 1.18. The van der Waals surface area contributed by atoms with E-state index < -0.39 is 5.75 Å². The van der Waals surface area contributed by atoms with Crippen LogP contribution in [-0.2, 0) is 0 Å². The summed E-state index contributed by atoms with van der Waals surface area (Å²) in [5, 5.41) is 26.4. The second-order valence-corrected chi connectivity index (χ2v) is 1.84. The molecule has 0 saturated heterocycles. The van der Waals surface area contributed by atoms with Gasteiger partial charge in [0, 0.05) is 6.21 Å². The van der Waals surface area contributed by atoms with Crippen LogP contribution in [0.3, 0.4) is 0 Å². The van der Waals surface area contributed by atoms with Gasteiger partial charge >= 0.3 is 0 Å². The van der Waals surface area contributed by atoms with E-state index in [4.69, 9.17) is 10.5 Å². The molecule has 2 N–H and O–H groups in total. The molecule has 0 amide bonds. The highest BCUT2D eigenvalue weighted by molar-refractivity contribution is 5.82. The van der Waals surface area contributed by atoms with E-state index in [2.05, 4.69) is 0 Å². The van der Waals surface area contributed by atoms with Crippen molar-refractivity contribution in [1.82, 2.24) is 0 Å². The maximum absolute atomic E-state index is 10.8. The van der Waals surface area contributed by atoms with Crippen LogP contribution in [-0.4, -0.2) is 11.3 Å². The average Bonchev–Trinajstić information content (AvgIpc) is 1.95. The molecule has 10 heavy (non-hydrogen) atoms. The van der Waals surface area contributed by atoms with Gasteiger partial charge in [0.15, 0.2) is 0 Å². The van der Waals surface area contributed by atoms with Crippen LogP contribution < -0.4 is 5.11 Å². The van der Waals surface area contributed by atoms with Crippen molar-refractivity contribution >= 4 is 6.21 Å². The summed E-state index contributed by atoms with van der Waals surface area (Å²) in [6, 6.07) is 4.31. The van der Waals surface area contributed by atoms with Gasteiger partial charge in [-0.2, -0.15) is 0 Å². The van der Waals surface area contributed by atoms with Crippen LogP contribution in [0.5, 0.6) is 11.5 Å². The molecule has 1 rings (SSSR count). The van der Waals surface area contributed by atoms with E-state index in [1.807, 2.05) is 0 Å². The first-order valence-corrected chi connectivity index (χ1v) is 2.75. The Morgan fingerprint density at radius 1 is 1.50 bits per heavy atom. The molecule has 0 unspecified atom stereocenters. The lowest BCUT2D eigenvalue weighted by Gasteiger charge is -2.10. The Bertz CT molecular complexity index is 258. The van der Waals surface area contributed by atoms with Crippen molar-refractivity contribution in [3.8, 4) is 11.5 Å². The van der Waals surface area contributed by atoms with Crippen molar-refractivity contribution in [2.24, 2.45) is 0 Å². The summed E-state index contributed by atoms with van der Waals surface area (Å²) in [6.07, 6.45) is 0.919. The van der Waals surface area contributed by atoms with Crippen LogP contribution in [0.1, 0.15) is 5.56 Å². The molecule has 0 atom stereocenters. The van der Waals surface area contributed by atoms with E-state index >= 15 is 0 Å². The number of benzene rings is 1. The summed E-state index contributed by atoms with van der Waals surface area (Å²) in [5.41, 5.74) is 0.208. The number of nitrogens with one attached hydrogen (secondary N) is 1. The number of aromatic hydroxyl groups is 1. The van der Waals surface area contributed by atoms with E-state index in [9.17, 15) is 5.11 Å². The van der Waals surface area contributed by atoms with Crippen LogP contribution in [0.25, 0.3) is 0 Å². The highest BCUT2D eigenvalue weighted by atomic mass is 16.3. The number of phenolic OH excluding ortho intramolecular Hbond substituents is 1. The van der Waals surface area contributed by atoms with Gasteiger partial charge in [0.05, 0.1) is 0 Å². The summed E-state index contributed by atoms with van der Waals surface area (Å²) >= 11 is 0. The second kappa shape index (κ2) is 2.39. The van der Waals surface area contributed by atoms with Crippen LogP contribution >= 0.6 is 0 Å². The van der Waals surface area contributed by atoms with Crippen LogP contribution in [0.2, 0.25) is 0 Å². The van der Waals surface area contributed by atoms with Gasteiger partial charge in [0.2, 0.25) is 0 Å². The number of hydrogen-bond acceptors (Lipinski definition) is 3. The van der Waals surface area contributed by atoms with Gasteiger partial charge in [0.25, 0.3) is 0 Å². The minimum Gasteiger partial charge on any atom is -0.870 e. The van der Waals surface area contributed by atoms with Crippen LogP contribution in [0.15, 0.2) is 18.2 Å². The van der Waals surface area contributed by atoms with E-state index in [1.165, 1.54) is 18.2 Å². The highest BCUT2D eigenvalue weighted by Gasteiger charge is 1.92. The second-order valence-electron chi connectivity index (χ2n) is 1.84. The molecule has 0 aromatic heterocycles. The molecular weight excluding hydrogens is 130 g/mol. The molecule has 1 aromatic carbocycles. The van der Waals surface area contributed by atoms with Gasteiger partial charge in [-0.15, -0.1) is 0 Å². The van der Waals surface area contributed by atoms with Crippen molar-refractivity contribution in [2.75, 3.05) is 0 Å². The number of hydrogen-bond donors (Lipinski definition) is 2. The standard InChI is InChI=1S/C7H7NO2/c8-4-5-2-1-3-6(9)7(5)10/h1-4,8-10H/p-1. The quantitative estimate of drug-likeness (QED) is 0.551. The zero-order chi connectivity index (χ0) is 7.56. The van der Waals surface area contributed by atoms with Gasteiger partial charge in [-0.25, -0.2) is 0 Å². The SMILES string of the molecule is N=Cc1cccc(O)c1[O-]. The summed E-state index contributed by atoms with van der Waals surface area (Å²) in [6.45, 7) is 0. The first kappa shape index (κ1) is 6.61. The Morgan fingerprint density at radius 3 is 2.70 bits per heavy atom. The highest BCUT2D eigenvalue weighted by Crippen LogP contribution is 2.23. The van der Waals surface area contributed by atoms with Crippen molar-refractivity contribution < 1.29 is 10.2 Å². The topological polar surface area (TPSA) is 67.1 Å². The summed E-state index contributed by atoms with van der Waals surface area (Å²) in [7, 11) is 0. The third kappa shape index (κ3) is 0.932. The van der Waals surface area contributed by atoms with E-state index in [0.717, 1.165) is 6.21 Å². The normalized spacial score (nSPS) is 9.20. The molecule has 0 radical (unpaired) electrons. The molecule has 0 aliphatic heterocycles. The number of rotatable bonds is 1. The van der Waals surface area contributed by atoms with Gasteiger partial charge in [0.1, 0.15) is 5.75 Å². The Kier molecular flexibility index (Phi) is 1.58. The molecule has 0 saturated carbocycles. The molecule has 0 spiro atoms. The van der Waals surface area contributed by atoms with Gasteiger partial charge in [-0.05, 0) is 11.6 Å². The zero-order valence-electron chi connectivity index (χ0n) is 5.16. The third-order valence-corrected chi connectivity index (χ3v) is 1.18. The molecule has 0 fully saturated rings. The lowest BCUT2D eigenvalue weighted by molar-refractivity contribution is -0.270. The van der Waals surface area contributed by atoms with E-state index in [-0.39, 0.29) is 11.3 Å². The summed E-state index contributed by atoms with van der Waals surface area (Å²) < 4.78 is 0. The van der Waals surface area contributed by atoms with Crippen molar-refractivity contribution in [3.63, 3.8) is 0 Å². The molecule has 52 valence electrons. The minimum absolute atomic E-state index is 0.208. The largest absolute Gasteiger partial charge is 0.870 e. The van der Waals surface area contributed by atoms with Crippen LogP contribution in [0.4, 0.5) is 0 Å². The number of para-hydroxylation sites is 1. The molecule has 3 nitrogen and oxygen atoms in total. The lowest BCUT2D eigenvalue weighted by Crippen LogP contribution is -1.95. The number of phenols is 1. The van der Waals surface area contributed by atoms with Crippen molar-refractivity contribution in [3.05, 3.63) is 23.8 Å². The van der Waals surface area contributed by atoms with Gasteiger partial charge in [-0.3, -0.25) is 0 Å². The fourth-order valence-corrected chi connectivity index (χ4v) is 0.656. The fourth-order valence-electron chi connectivity index (χ4n) is 0.656. The molecule has 0 aliphatic carbocycles. The smallest absolute Gasteiger partial charge is 0.108 e. The fraction of sp³-hybridized carbons (Fsp3) is 0. The monoisotopic (exact) mass is 136 g/mol. The maximum Gasteiger partial charge on any atom is 0.108 e. The van der Waals surface area contributed by atoms with Crippen LogP contribution in [0, 0.1) is 5.41 Å². The predicted octanol–water partition coefficient (Wildman–Crippen LogP) is 0.463. The van der Waals surface area contributed by atoms with Crippen molar-refractivity contribution in [1.29, 1.82) is 5.41 Å². The summed E-state index contributed by atoms with van der Waals surface area (Å²) in [5.74, 6) is -0.793. The molecular formula is C7H6NO2-. The average molecular weight is 136 g/mol. The van der Waals surface area contributed by atoms with Gasteiger partial charge in [-0.1, -0.05) is 17.9 Å². The summed E-state index contributed by atoms with van der Waals surface area (Å²) in [4.78, 5) is 0. The Morgan fingerprint density at radius 2 is 2.20 bits per heavy atom. The molecule has 3 heteroatoms. The van der Waals surface area contributed by atoms with Crippen molar-refractivity contribution in [2.45, 2.75) is 0 Å². The Hall–Kier alpha value is -1.51. The Balaban J connectivity index is 3.27. The minimum atomic E-state index is -0.488. The molecule has 0 bridgehead atoms. The maximum atomic E-state index is 10.8.